The van der Waals surface area contributed by atoms with Crippen LogP contribution in [0.15, 0.2) is 36.4 Å². The Bertz CT molecular complexity index is 2080. The molecule has 60 heavy (non-hydrogen) atoms. The maximum atomic E-state index is 13.0. The molecule has 0 aliphatic carbocycles. The number of ether oxygens (including phenoxy) is 2. The Morgan fingerprint density at radius 2 is 1.03 bits per heavy atom. The first-order chi connectivity index (χ1) is 28.8. The summed E-state index contributed by atoms with van der Waals surface area (Å²) in [6.07, 6.45) is 0. The summed E-state index contributed by atoms with van der Waals surface area (Å²) >= 11 is 27.0. The molecule has 20 heteroatoms. The number of nitrogens with zero attached hydrogens (tertiary/aromatic N) is 10. The first kappa shape index (κ1) is 47.7. The number of methoxy groups -OCH3 is 2. The minimum atomic E-state index is 0.0528. The lowest BCUT2D eigenvalue weighted by molar-refractivity contribution is -0.133. The first-order valence-electron chi connectivity index (χ1n) is 19.6. The molecular weight excluding hydrogens is 967 g/mol. The van der Waals surface area contributed by atoms with E-state index >= 15 is 0 Å². The van der Waals surface area contributed by atoms with E-state index < -0.39 is 0 Å². The molecule has 2 aromatic carbocycles. The Hall–Kier alpha value is -3.39. The zero-order valence-electron chi connectivity index (χ0n) is 34.9. The fourth-order valence-electron chi connectivity index (χ4n) is 7.10. The van der Waals surface area contributed by atoms with Gasteiger partial charge in [0.1, 0.15) is 33.3 Å². The molecule has 0 radical (unpaired) electrons. The van der Waals surface area contributed by atoms with Gasteiger partial charge in [0.15, 0.2) is 5.82 Å². The monoisotopic (exact) mass is 1020 g/mol. The molecule has 15 nitrogen and oxygen atoms in total. The number of carbonyl (C=O) groups is 2. The molecule has 3 fully saturated rings. The standard InChI is InChI=1S/C22H30Cl2N6O2.C17H19Cl2IN4O2.CH5N/c1-16-21(24)22(29-8-6-26(2)7-9-29)25-30(16)15-20(31)28-12-10-27(11-13-28)17-4-5-18(23)19(14-17)32-3;1-11-16(19)17(20)21-24(11)10-15(25)23-7-5-22(6-8-23)12-3-4-13(18)14(9-12)26-2;1-2/h4-5,14H,6-13,15H2,1-3H3;3-4,9H,5-8,10H2,1-2H3;2H2,1H3. The molecule has 2 amide bonds. The van der Waals surface area contributed by atoms with Crippen LogP contribution in [0.4, 0.5) is 17.2 Å². The summed E-state index contributed by atoms with van der Waals surface area (Å²) in [5.41, 5.74) is 8.24. The van der Waals surface area contributed by atoms with Gasteiger partial charge in [-0.3, -0.25) is 19.0 Å². The second-order valence-corrected chi connectivity index (χ2v) is 17.0. The number of halogens is 5. The normalized spacial score (nSPS) is 15.9. The molecule has 328 valence electrons. The third kappa shape index (κ3) is 11.5. The number of amides is 2. The number of carbonyl (C=O) groups excluding carboxylic acids is 2. The van der Waals surface area contributed by atoms with Crippen LogP contribution >= 0.6 is 69.0 Å². The molecule has 3 saturated heterocycles. The Kier molecular flexibility index (Phi) is 17.6. The number of benzene rings is 2. The molecule has 3 aliphatic heterocycles. The van der Waals surface area contributed by atoms with E-state index in [-0.39, 0.29) is 24.9 Å². The van der Waals surface area contributed by atoms with Crippen molar-refractivity contribution in [2.75, 3.05) is 122 Å². The van der Waals surface area contributed by atoms with Crippen LogP contribution in [0, 0.1) is 17.5 Å². The largest absolute Gasteiger partial charge is 0.495 e. The van der Waals surface area contributed by atoms with E-state index in [1.165, 1.54) is 7.05 Å². The van der Waals surface area contributed by atoms with Crippen LogP contribution in [0.1, 0.15) is 11.4 Å². The Balaban J connectivity index is 0.000000223. The van der Waals surface area contributed by atoms with Crippen LogP contribution in [0.5, 0.6) is 11.5 Å². The summed E-state index contributed by atoms with van der Waals surface area (Å²) < 4.78 is 14.7. The highest BCUT2D eigenvalue weighted by Gasteiger charge is 2.27. The lowest BCUT2D eigenvalue weighted by atomic mass is 10.2. The first-order valence-corrected chi connectivity index (χ1v) is 22.2. The van der Waals surface area contributed by atoms with Gasteiger partial charge in [0.2, 0.25) is 11.8 Å². The highest BCUT2D eigenvalue weighted by Crippen LogP contribution is 2.32. The molecule has 4 aromatic rings. The van der Waals surface area contributed by atoms with Gasteiger partial charge in [0, 0.05) is 102 Å². The predicted molar refractivity (Wildman–Crippen MR) is 250 cm³/mol. The van der Waals surface area contributed by atoms with Crippen molar-refractivity contribution in [3.05, 3.63) is 71.6 Å². The molecule has 3 aliphatic rings. The fourth-order valence-corrected chi connectivity index (χ4v) is 8.53. The smallest absolute Gasteiger partial charge is 0.244 e. The molecule has 2 aromatic heterocycles. The molecule has 0 saturated carbocycles. The van der Waals surface area contributed by atoms with Crippen LogP contribution < -0.4 is 29.9 Å². The summed E-state index contributed by atoms with van der Waals surface area (Å²) in [4.78, 5) is 38.3. The molecule has 0 atom stereocenters. The van der Waals surface area contributed by atoms with E-state index in [9.17, 15) is 9.59 Å². The third-order valence-electron chi connectivity index (χ3n) is 10.8. The van der Waals surface area contributed by atoms with Gasteiger partial charge in [-0.1, -0.05) is 46.4 Å². The van der Waals surface area contributed by atoms with Crippen molar-refractivity contribution in [2.24, 2.45) is 5.73 Å². The highest BCUT2D eigenvalue weighted by molar-refractivity contribution is 14.1. The van der Waals surface area contributed by atoms with Gasteiger partial charge in [-0.25, -0.2) is 0 Å². The molecule has 2 N–H and O–H groups in total. The average Bonchev–Trinajstić information content (AvgIpc) is 3.68. The number of nitrogens with two attached hydrogens (primary N) is 1. The van der Waals surface area contributed by atoms with Crippen LogP contribution in [0.3, 0.4) is 0 Å². The number of piperazine rings is 3. The number of anilines is 3. The minimum absolute atomic E-state index is 0.0528. The van der Waals surface area contributed by atoms with Gasteiger partial charge >= 0.3 is 0 Å². The van der Waals surface area contributed by atoms with E-state index in [1.54, 1.807) is 23.6 Å². The molecule has 0 bridgehead atoms. The van der Waals surface area contributed by atoms with Crippen LogP contribution in [0.2, 0.25) is 20.1 Å². The van der Waals surface area contributed by atoms with Gasteiger partial charge in [0.05, 0.1) is 40.7 Å². The second kappa shape index (κ2) is 22.1. The Labute approximate surface area is 386 Å². The van der Waals surface area contributed by atoms with E-state index in [4.69, 9.17) is 61.0 Å². The van der Waals surface area contributed by atoms with E-state index in [0.29, 0.717) is 57.8 Å². The van der Waals surface area contributed by atoms with Crippen molar-refractivity contribution in [3.63, 3.8) is 0 Å². The number of likely N-dealkylation sites (N-methyl/N-ethyl adjacent to an activating group) is 1. The van der Waals surface area contributed by atoms with Crippen molar-refractivity contribution >= 4 is 98.0 Å². The Morgan fingerprint density at radius 3 is 1.43 bits per heavy atom. The topological polar surface area (TPSA) is 134 Å². The molecule has 5 heterocycles. The fraction of sp³-hybridized carbons (Fsp3) is 0.500. The summed E-state index contributed by atoms with van der Waals surface area (Å²) in [6, 6.07) is 11.5. The van der Waals surface area contributed by atoms with Crippen molar-refractivity contribution < 1.29 is 19.1 Å². The van der Waals surface area contributed by atoms with Gasteiger partial charge in [-0.05, 0) is 74.8 Å². The van der Waals surface area contributed by atoms with Gasteiger partial charge < -0.3 is 44.6 Å². The summed E-state index contributed by atoms with van der Waals surface area (Å²) in [6.45, 7) is 13.6. The van der Waals surface area contributed by atoms with Crippen molar-refractivity contribution in [1.82, 2.24) is 34.3 Å². The molecule has 0 spiro atoms. The van der Waals surface area contributed by atoms with Crippen LogP contribution in [-0.2, 0) is 22.7 Å². The number of rotatable bonds is 9. The predicted octanol–water partition coefficient (Wildman–Crippen LogP) is 5.64. The third-order valence-corrected chi connectivity index (χ3v) is 13.4. The quantitative estimate of drug-likeness (QED) is 0.209. The SMILES string of the molecule is CN.COc1cc(N2CCN(C(=O)Cn3nc(I)c(Cl)c3C)CC2)ccc1Cl.COc1cc(N2CCN(C(=O)Cn3nc(N4CCN(C)CC4)c(Cl)c3C)CC2)ccc1Cl. The number of hydrogen-bond donors (Lipinski definition) is 1. The zero-order chi connectivity index (χ0) is 43.7. The second-order valence-electron chi connectivity index (χ2n) is 14.4. The van der Waals surface area contributed by atoms with Crippen molar-refractivity contribution in [2.45, 2.75) is 26.9 Å². The van der Waals surface area contributed by atoms with Crippen molar-refractivity contribution in [3.8, 4) is 11.5 Å². The maximum absolute atomic E-state index is 13.0. The Morgan fingerprint density at radius 1 is 0.633 bits per heavy atom. The van der Waals surface area contributed by atoms with Gasteiger partial charge in [-0.2, -0.15) is 10.2 Å². The minimum Gasteiger partial charge on any atom is -0.495 e. The van der Waals surface area contributed by atoms with Crippen LogP contribution in [0.25, 0.3) is 0 Å². The summed E-state index contributed by atoms with van der Waals surface area (Å²) in [7, 11) is 6.83. The van der Waals surface area contributed by atoms with Crippen LogP contribution in [-0.4, -0.2) is 153 Å². The van der Waals surface area contributed by atoms with Crippen molar-refractivity contribution in [1.29, 1.82) is 0 Å². The summed E-state index contributed by atoms with van der Waals surface area (Å²) in [5.74, 6) is 2.21. The van der Waals surface area contributed by atoms with E-state index in [2.05, 4.69) is 60.1 Å². The zero-order valence-corrected chi connectivity index (χ0v) is 40.1. The number of hydrogen-bond acceptors (Lipinski definition) is 11. The highest BCUT2D eigenvalue weighted by atomic mass is 127. The van der Waals surface area contributed by atoms with E-state index in [1.807, 2.05) is 60.0 Å². The lowest BCUT2D eigenvalue weighted by Gasteiger charge is -2.36. The van der Waals surface area contributed by atoms with Gasteiger partial charge in [0.25, 0.3) is 0 Å². The maximum Gasteiger partial charge on any atom is 0.244 e. The molecule has 7 rings (SSSR count). The molecular formula is C40H54Cl4IN11O4. The number of aromatic nitrogens is 4. The molecule has 0 unspecified atom stereocenters. The van der Waals surface area contributed by atoms with E-state index in [0.717, 1.165) is 84.6 Å². The lowest BCUT2D eigenvalue weighted by Crippen LogP contribution is -2.49. The summed E-state index contributed by atoms with van der Waals surface area (Å²) in [5, 5.41) is 11.4. The average molecular weight is 1020 g/mol. The van der Waals surface area contributed by atoms with Gasteiger partial charge in [-0.15, -0.1) is 0 Å².